The first-order chi connectivity index (χ1) is 7.65. The van der Waals surface area contributed by atoms with Crippen LogP contribution in [0.1, 0.15) is 19.3 Å². The summed E-state index contributed by atoms with van der Waals surface area (Å²) >= 11 is 3.22. The molecule has 1 aliphatic carbocycles. The predicted octanol–water partition coefficient (Wildman–Crippen LogP) is 3.16. The Bertz CT molecular complexity index is 435. The van der Waals surface area contributed by atoms with E-state index in [1.54, 1.807) is 0 Å². The van der Waals surface area contributed by atoms with Crippen molar-refractivity contribution in [1.29, 1.82) is 0 Å². The Labute approximate surface area is 103 Å². The van der Waals surface area contributed by atoms with E-state index >= 15 is 0 Å². The standard InChI is InChI=1S/C12H14BrFN2/c13-9-4-12(11(15)5-10(9)14)16-6-7-1-2-8(16)3-7/h4-5,7-8H,1-3,6,15H2. The molecule has 2 bridgehead atoms. The van der Waals surface area contributed by atoms with Gasteiger partial charge < -0.3 is 10.6 Å². The zero-order valence-corrected chi connectivity index (χ0v) is 10.5. The predicted molar refractivity (Wildman–Crippen MR) is 67.0 cm³/mol. The second-order valence-corrected chi connectivity index (χ2v) is 5.66. The van der Waals surface area contributed by atoms with Crippen molar-refractivity contribution in [2.24, 2.45) is 5.92 Å². The van der Waals surface area contributed by atoms with Crippen molar-refractivity contribution >= 4 is 27.3 Å². The molecule has 1 saturated heterocycles. The number of hydrogen-bond acceptors (Lipinski definition) is 2. The van der Waals surface area contributed by atoms with E-state index in [1.807, 2.05) is 6.07 Å². The highest BCUT2D eigenvalue weighted by molar-refractivity contribution is 9.10. The van der Waals surface area contributed by atoms with Gasteiger partial charge in [-0.2, -0.15) is 0 Å². The zero-order chi connectivity index (χ0) is 11.3. The number of fused-ring (bicyclic) bond motifs is 2. The highest BCUT2D eigenvalue weighted by Crippen LogP contribution is 2.42. The third kappa shape index (κ3) is 1.51. The minimum atomic E-state index is -0.286. The monoisotopic (exact) mass is 284 g/mol. The van der Waals surface area contributed by atoms with E-state index in [9.17, 15) is 4.39 Å². The van der Waals surface area contributed by atoms with Gasteiger partial charge in [-0.3, -0.25) is 0 Å². The van der Waals surface area contributed by atoms with Crippen molar-refractivity contribution in [2.45, 2.75) is 25.3 Å². The van der Waals surface area contributed by atoms with Crippen LogP contribution in [0.5, 0.6) is 0 Å². The van der Waals surface area contributed by atoms with Crippen LogP contribution in [-0.2, 0) is 0 Å². The van der Waals surface area contributed by atoms with E-state index in [0.717, 1.165) is 18.2 Å². The molecule has 0 aromatic heterocycles. The van der Waals surface area contributed by atoms with Crippen molar-refractivity contribution in [2.75, 3.05) is 17.2 Å². The van der Waals surface area contributed by atoms with Gasteiger partial charge in [-0.25, -0.2) is 4.39 Å². The Morgan fingerprint density at radius 1 is 1.38 bits per heavy atom. The first kappa shape index (κ1) is 10.4. The molecular formula is C12H14BrFN2. The number of benzene rings is 1. The lowest BCUT2D eigenvalue weighted by Crippen LogP contribution is -2.32. The van der Waals surface area contributed by atoms with E-state index in [4.69, 9.17) is 5.73 Å². The molecule has 2 N–H and O–H groups in total. The summed E-state index contributed by atoms with van der Waals surface area (Å²) < 4.78 is 13.8. The van der Waals surface area contributed by atoms with Crippen LogP contribution in [-0.4, -0.2) is 12.6 Å². The summed E-state index contributed by atoms with van der Waals surface area (Å²) in [4.78, 5) is 2.34. The molecule has 2 nitrogen and oxygen atoms in total. The van der Waals surface area contributed by atoms with Crippen LogP contribution >= 0.6 is 15.9 Å². The number of halogens is 2. The largest absolute Gasteiger partial charge is 0.397 e. The summed E-state index contributed by atoms with van der Waals surface area (Å²) in [7, 11) is 0. The third-order valence-electron chi connectivity index (χ3n) is 3.79. The highest BCUT2D eigenvalue weighted by Gasteiger charge is 2.38. The van der Waals surface area contributed by atoms with Crippen LogP contribution in [0.25, 0.3) is 0 Å². The maximum Gasteiger partial charge on any atom is 0.139 e. The number of piperidine rings is 1. The summed E-state index contributed by atoms with van der Waals surface area (Å²) in [6, 6.07) is 3.83. The third-order valence-corrected chi connectivity index (χ3v) is 4.40. The maximum atomic E-state index is 13.3. The van der Waals surface area contributed by atoms with E-state index in [2.05, 4.69) is 20.8 Å². The van der Waals surface area contributed by atoms with Crippen LogP contribution in [0.2, 0.25) is 0 Å². The van der Waals surface area contributed by atoms with Gasteiger partial charge in [0.05, 0.1) is 15.8 Å². The minimum Gasteiger partial charge on any atom is -0.397 e. The molecule has 2 fully saturated rings. The second kappa shape index (κ2) is 3.62. The van der Waals surface area contributed by atoms with Crippen LogP contribution in [0.3, 0.4) is 0 Å². The highest BCUT2D eigenvalue weighted by atomic mass is 79.9. The minimum absolute atomic E-state index is 0.286. The van der Waals surface area contributed by atoms with Gasteiger partial charge in [-0.15, -0.1) is 0 Å². The fourth-order valence-electron chi connectivity index (χ4n) is 3.02. The molecule has 1 aliphatic heterocycles. The Morgan fingerprint density at radius 3 is 2.81 bits per heavy atom. The molecule has 1 aromatic carbocycles. The molecule has 2 atom stereocenters. The Balaban J connectivity index is 1.98. The first-order valence-electron chi connectivity index (χ1n) is 5.66. The van der Waals surface area contributed by atoms with E-state index in [1.165, 1.54) is 25.3 Å². The summed E-state index contributed by atoms with van der Waals surface area (Å²) in [6.45, 7) is 1.08. The molecule has 2 aliphatic rings. The number of nitrogens with two attached hydrogens (primary N) is 1. The average Bonchev–Trinajstić information content (AvgIpc) is 2.84. The Morgan fingerprint density at radius 2 is 2.19 bits per heavy atom. The van der Waals surface area contributed by atoms with Gasteiger partial charge in [0, 0.05) is 18.7 Å². The molecule has 1 heterocycles. The SMILES string of the molecule is Nc1cc(F)c(Br)cc1N1CC2CCC1C2. The fourth-order valence-corrected chi connectivity index (χ4v) is 3.35. The van der Waals surface area contributed by atoms with E-state index in [0.29, 0.717) is 16.2 Å². The Hall–Kier alpha value is -0.770. The molecule has 86 valence electrons. The average molecular weight is 285 g/mol. The molecule has 3 rings (SSSR count). The van der Waals surface area contributed by atoms with Gasteiger partial charge in [-0.1, -0.05) is 0 Å². The molecule has 1 aromatic rings. The molecule has 0 spiro atoms. The van der Waals surface area contributed by atoms with Crippen molar-refractivity contribution in [3.63, 3.8) is 0 Å². The molecule has 0 amide bonds. The molecule has 4 heteroatoms. The molecule has 1 saturated carbocycles. The smallest absolute Gasteiger partial charge is 0.139 e. The number of hydrogen-bond donors (Lipinski definition) is 1. The summed E-state index contributed by atoms with van der Waals surface area (Å²) in [6.07, 6.45) is 3.86. The van der Waals surface area contributed by atoms with E-state index < -0.39 is 0 Å². The fraction of sp³-hybridized carbons (Fsp3) is 0.500. The van der Waals surface area contributed by atoms with Gasteiger partial charge in [0.1, 0.15) is 5.82 Å². The van der Waals surface area contributed by atoms with Crippen LogP contribution in [0.15, 0.2) is 16.6 Å². The van der Waals surface area contributed by atoms with Gasteiger partial charge in [0.25, 0.3) is 0 Å². The van der Waals surface area contributed by atoms with Crippen LogP contribution in [0, 0.1) is 11.7 Å². The number of anilines is 2. The van der Waals surface area contributed by atoms with Crippen molar-refractivity contribution in [3.05, 3.63) is 22.4 Å². The summed E-state index contributed by atoms with van der Waals surface area (Å²) in [5, 5.41) is 0. The molecular weight excluding hydrogens is 271 g/mol. The number of nitrogens with zero attached hydrogens (tertiary/aromatic N) is 1. The topological polar surface area (TPSA) is 29.3 Å². The van der Waals surface area contributed by atoms with Gasteiger partial charge >= 0.3 is 0 Å². The zero-order valence-electron chi connectivity index (χ0n) is 8.92. The lowest BCUT2D eigenvalue weighted by Gasteiger charge is -2.30. The summed E-state index contributed by atoms with van der Waals surface area (Å²) in [5.74, 6) is 0.527. The Kier molecular flexibility index (Phi) is 2.35. The maximum absolute atomic E-state index is 13.3. The van der Waals surface area contributed by atoms with Crippen LogP contribution < -0.4 is 10.6 Å². The number of rotatable bonds is 1. The van der Waals surface area contributed by atoms with Gasteiger partial charge in [0.15, 0.2) is 0 Å². The lowest BCUT2D eigenvalue weighted by atomic mass is 10.1. The van der Waals surface area contributed by atoms with Crippen LogP contribution in [0.4, 0.5) is 15.8 Å². The van der Waals surface area contributed by atoms with E-state index in [-0.39, 0.29) is 5.82 Å². The number of nitrogen functional groups attached to an aromatic ring is 1. The molecule has 16 heavy (non-hydrogen) atoms. The van der Waals surface area contributed by atoms with Crippen molar-refractivity contribution in [1.82, 2.24) is 0 Å². The first-order valence-corrected chi connectivity index (χ1v) is 6.45. The van der Waals surface area contributed by atoms with Gasteiger partial charge in [0.2, 0.25) is 0 Å². The van der Waals surface area contributed by atoms with Crippen molar-refractivity contribution < 1.29 is 4.39 Å². The van der Waals surface area contributed by atoms with Gasteiger partial charge in [-0.05, 0) is 47.2 Å². The molecule has 2 unspecified atom stereocenters. The summed E-state index contributed by atoms with van der Waals surface area (Å²) in [5.41, 5.74) is 7.44. The normalized spacial score (nSPS) is 27.8. The quantitative estimate of drug-likeness (QED) is 0.803. The lowest BCUT2D eigenvalue weighted by molar-refractivity contribution is 0.553. The van der Waals surface area contributed by atoms with Crippen molar-refractivity contribution in [3.8, 4) is 0 Å². The molecule has 0 radical (unpaired) electrons. The second-order valence-electron chi connectivity index (χ2n) is 4.81.